The molecular formula is C10H20N2O4. The number of carbonyl (C=O) groups is 2. The maximum atomic E-state index is 10.9. The van der Waals surface area contributed by atoms with E-state index in [1.165, 1.54) is 0 Å². The molecule has 0 saturated carbocycles. The molecule has 16 heavy (non-hydrogen) atoms. The molecule has 94 valence electrons. The molecule has 0 unspecified atom stereocenters. The predicted molar refractivity (Wildman–Crippen MR) is 59.0 cm³/mol. The van der Waals surface area contributed by atoms with Gasteiger partial charge in [-0.1, -0.05) is 0 Å². The average molecular weight is 232 g/mol. The third-order valence-electron chi connectivity index (χ3n) is 1.73. The minimum Gasteiger partial charge on any atom is -0.379 e. The fraction of sp³-hybridized carbons (Fsp3) is 0.800. The summed E-state index contributed by atoms with van der Waals surface area (Å²) in [4.78, 5) is 21.7. The second-order valence-corrected chi connectivity index (χ2v) is 3.04. The van der Waals surface area contributed by atoms with Crippen LogP contribution < -0.4 is 10.6 Å². The van der Waals surface area contributed by atoms with Gasteiger partial charge in [0.25, 0.3) is 0 Å². The van der Waals surface area contributed by atoms with Crippen molar-refractivity contribution >= 4 is 11.8 Å². The van der Waals surface area contributed by atoms with Crippen molar-refractivity contribution in [3.63, 3.8) is 0 Å². The van der Waals surface area contributed by atoms with Gasteiger partial charge in [-0.2, -0.15) is 0 Å². The summed E-state index contributed by atoms with van der Waals surface area (Å²) in [6.45, 7) is 3.60. The third kappa shape index (κ3) is 9.42. The van der Waals surface area contributed by atoms with Crippen LogP contribution in [0, 0.1) is 0 Å². The second kappa shape index (κ2) is 10.4. The van der Waals surface area contributed by atoms with Gasteiger partial charge in [-0.05, 0) is 6.92 Å². The molecule has 0 spiro atoms. The highest BCUT2D eigenvalue weighted by Gasteiger charge is 1.99. The van der Waals surface area contributed by atoms with Crippen LogP contribution in [-0.4, -0.2) is 51.8 Å². The molecule has 0 aliphatic rings. The minimum atomic E-state index is -0.132. The molecule has 0 saturated heterocycles. The average Bonchev–Trinajstić information content (AvgIpc) is 2.27. The molecule has 0 fully saturated rings. The molecule has 6 nitrogen and oxygen atoms in total. The largest absolute Gasteiger partial charge is 0.379 e. The summed E-state index contributed by atoms with van der Waals surface area (Å²) in [7, 11) is 1.58. The Kier molecular flexibility index (Phi) is 9.64. The lowest BCUT2D eigenvalue weighted by molar-refractivity contribution is -0.126. The van der Waals surface area contributed by atoms with E-state index >= 15 is 0 Å². The number of nitrogens with one attached hydrogen (secondary N) is 2. The summed E-state index contributed by atoms with van der Waals surface area (Å²) in [5, 5.41) is 5.11. The Morgan fingerprint density at radius 2 is 1.75 bits per heavy atom. The fourth-order valence-corrected chi connectivity index (χ4v) is 0.923. The van der Waals surface area contributed by atoms with Crippen LogP contribution in [0.25, 0.3) is 0 Å². The molecule has 0 bridgehead atoms. The van der Waals surface area contributed by atoms with Gasteiger partial charge in [-0.25, -0.2) is 0 Å². The Hall–Kier alpha value is -1.14. The van der Waals surface area contributed by atoms with Crippen molar-refractivity contribution < 1.29 is 19.1 Å². The van der Waals surface area contributed by atoms with E-state index in [9.17, 15) is 9.59 Å². The van der Waals surface area contributed by atoms with Gasteiger partial charge in [-0.15, -0.1) is 0 Å². The SMILES string of the molecule is CCNC(=O)COCCOCCC(=O)NC. The Morgan fingerprint density at radius 3 is 2.38 bits per heavy atom. The number of hydrogen-bond acceptors (Lipinski definition) is 4. The van der Waals surface area contributed by atoms with Crippen molar-refractivity contribution in [2.24, 2.45) is 0 Å². The fourth-order valence-electron chi connectivity index (χ4n) is 0.923. The van der Waals surface area contributed by atoms with Crippen molar-refractivity contribution in [2.75, 3.05) is 40.0 Å². The Balaban J connectivity index is 3.15. The summed E-state index contributed by atoms with van der Waals surface area (Å²) >= 11 is 0. The molecular weight excluding hydrogens is 212 g/mol. The predicted octanol–water partition coefficient (Wildman–Crippen LogP) is -0.708. The highest BCUT2D eigenvalue weighted by molar-refractivity contribution is 5.77. The molecule has 2 N–H and O–H groups in total. The summed E-state index contributed by atoms with van der Waals surface area (Å²) < 4.78 is 10.2. The van der Waals surface area contributed by atoms with E-state index < -0.39 is 0 Å². The molecule has 0 aromatic rings. The Labute approximate surface area is 95.7 Å². The highest BCUT2D eigenvalue weighted by Crippen LogP contribution is 1.84. The molecule has 6 heteroatoms. The Morgan fingerprint density at radius 1 is 1.06 bits per heavy atom. The first-order chi connectivity index (χ1) is 7.70. The topological polar surface area (TPSA) is 76.7 Å². The van der Waals surface area contributed by atoms with Gasteiger partial charge < -0.3 is 20.1 Å². The third-order valence-corrected chi connectivity index (χ3v) is 1.73. The van der Waals surface area contributed by atoms with E-state index in [0.717, 1.165) is 0 Å². The van der Waals surface area contributed by atoms with Crippen LogP contribution in [0.1, 0.15) is 13.3 Å². The van der Waals surface area contributed by atoms with Crippen LogP contribution >= 0.6 is 0 Å². The zero-order valence-electron chi connectivity index (χ0n) is 9.88. The van der Waals surface area contributed by atoms with Crippen LogP contribution in [0.3, 0.4) is 0 Å². The van der Waals surface area contributed by atoms with Crippen molar-refractivity contribution in [3.05, 3.63) is 0 Å². The van der Waals surface area contributed by atoms with E-state index in [1.54, 1.807) is 7.05 Å². The lowest BCUT2D eigenvalue weighted by Gasteiger charge is -2.05. The molecule has 0 atom stereocenters. The molecule has 2 amide bonds. The second-order valence-electron chi connectivity index (χ2n) is 3.04. The van der Waals surface area contributed by atoms with Crippen LogP contribution in [0.4, 0.5) is 0 Å². The van der Waals surface area contributed by atoms with Crippen LogP contribution in [-0.2, 0) is 19.1 Å². The van der Waals surface area contributed by atoms with Gasteiger partial charge in [0.05, 0.1) is 19.8 Å². The molecule has 0 aliphatic heterocycles. The smallest absolute Gasteiger partial charge is 0.245 e. The Bertz CT molecular complexity index is 209. The van der Waals surface area contributed by atoms with Gasteiger partial charge >= 0.3 is 0 Å². The number of hydrogen-bond donors (Lipinski definition) is 2. The lowest BCUT2D eigenvalue weighted by Crippen LogP contribution is -2.27. The van der Waals surface area contributed by atoms with Crippen LogP contribution in [0.5, 0.6) is 0 Å². The quantitative estimate of drug-likeness (QED) is 0.515. The molecule has 0 aromatic carbocycles. The highest BCUT2D eigenvalue weighted by atomic mass is 16.5. The standard InChI is InChI=1S/C10H20N2O4/c1-3-12-10(14)8-16-7-6-15-5-4-9(13)11-2/h3-8H2,1-2H3,(H,11,13)(H,12,14). The monoisotopic (exact) mass is 232 g/mol. The first-order valence-corrected chi connectivity index (χ1v) is 5.33. The molecule has 0 aliphatic carbocycles. The first-order valence-electron chi connectivity index (χ1n) is 5.33. The first kappa shape index (κ1) is 14.9. The molecule has 0 aromatic heterocycles. The number of likely N-dealkylation sites (N-methyl/N-ethyl adjacent to an activating group) is 1. The number of rotatable bonds is 9. The summed E-state index contributed by atoms with van der Waals surface area (Å²) in [5.41, 5.74) is 0. The van der Waals surface area contributed by atoms with Crippen molar-refractivity contribution in [2.45, 2.75) is 13.3 Å². The molecule has 0 heterocycles. The van der Waals surface area contributed by atoms with E-state index in [0.29, 0.717) is 32.8 Å². The molecule has 0 radical (unpaired) electrons. The summed E-state index contributed by atoms with van der Waals surface area (Å²) in [6, 6.07) is 0. The number of amides is 2. The summed E-state index contributed by atoms with van der Waals surface area (Å²) in [6.07, 6.45) is 0.340. The van der Waals surface area contributed by atoms with E-state index in [-0.39, 0.29) is 18.4 Å². The van der Waals surface area contributed by atoms with E-state index in [4.69, 9.17) is 9.47 Å². The lowest BCUT2D eigenvalue weighted by atomic mass is 10.4. The zero-order valence-corrected chi connectivity index (χ0v) is 9.88. The number of carbonyl (C=O) groups excluding carboxylic acids is 2. The number of ether oxygens (including phenoxy) is 2. The maximum Gasteiger partial charge on any atom is 0.245 e. The van der Waals surface area contributed by atoms with Gasteiger partial charge in [-0.3, -0.25) is 9.59 Å². The van der Waals surface area contributed by atoms with Crippen molar-refractivity contribution in [3.8, 4) is 0 Å². The van der Waals surface area contributed by atoms with E-state index in [2.05, 4.69) is 10.6 Å². The van der Waals surface area contributed by atoms with Gasteiger partial charge in [0.15, 0.2) is 0 Å². The molecule has 0 rings (SSSR count). The minimum absolute atomic E-state index is 0.0483. The van der Waals surface area contributed by atoms with E-state index in [1.807, 2.05) is 6.92 Å². The normalized spacial score (nSPS) is 9.88. The zero-order chi connectivity index (χ0) is 12.2. The maximum absolute atomic E-state index is 10.9. The summed E-state index contributed by atoms with van der Waals surface area (Å²) in [5.74, 6) is -0.184. The van der Waals surface area contributed by atoms with Crippen molar-refractivity contribution in [1.29, 1.82) is 0 Å². The van der Waals surface area contributed by atoms with Gasteiger partial charge in [0, 0.05) is 20.0 Å². The van der Waals surface area contributed by atoms with Crippen LogP contribution in [0.2, 0.25) is 0 Å². The van der Waals surface area contributed by atoms with Gasteiger partial charge in [0.2, 0.25) is 11.8 Å². The van der Waals surface area contributed by atoms with Crippen LogP contribution in [0.15, 0.2) is 0 Å². The van der Waals surface area contributed by atoms with Crippen molar-refractivity contribution in [1.82, 2.24) is 10.6 Å². The van der Waals surface area contributed by atoms with Gasteiger partial charge in [0.1, 0.15) is 6.61 Å².